The minimum Gasteiger partial charge on any atom is -0.343 e. The molecule has 0 spiro atoms. The van der Waals surface area contributed by atoms with Crippen LogP contribution in [0.4, 0.5) is 0 Å². The Morgan fingerprint density at radius 2 is 1.95 bits per heavy atom. The highest BCUT2D eigenvalue weighted by Crippen LogP contribution is 2.26. The number of hydrogen-bond acceptors (Lipinski definition) is 2. The number of halogens is 1. The molecule has 1 aromatic rings. The Morgan fingerprint density at radius 3 is 2.58 bits per heavy atom. The largest absolute Gasteiger partial charge is 0.343 e. The molecule has 1 aliphatic heterocycles. The van der Waals surface area contributed by atoms with E-state index in [1.165, 1.54) is 0 Å². The number of carbonyl (C=O) groups excluding carboxylic acids is 2. The minimum absolute atomic E-state index is 0.0930. The molecule has 102 valence electrons. The first-order valence-corrected chi connectivity index (χ1v) is 6.57. The molecule has 4 nitrogen and oxygen atoms in total. The van der Waals surface area contributed by atoms with Crippen molar-refractivity contribution in [2.24, 2.45) is 0 Å². The lowest BCUT2D eigenvalue weighted by molar-refractivity contribution is -0.155. The van der Waals surface area contributed by atoms with Gasteiger partial charge in [-0.25, -0.2) is 0 Å². The lowest BCUT2D eigenvalue weighted by Gasteiger charge is -2.43. The van der Waals surface area contributed by atoms with E-state index < -0.39 is 11.6 Å². The van der Waals surface area contributed by atoms with Crippen LogP contribution in [0.1, 0.15) is 26.3 Å². The van der Waals surface area contributed by atoms with Gasteiger partial charge in [0.05, 0.1) is 0 Å². The monoisotopic (exact) mass is 280 g/mol. The summed E-state index contributed by atoms with van der Waals surface area (Å²) >= 11 is 6.12. The fourth-order valence-corrected chi connectivity index (χ4v) is 2.33. The summed E-state index contributed by atoms with van der Waals surface area (Å²) in [5.74, 6) is -0.240. The zero-order valence-electron chi connectivity index (χ0n) is 11.2. The second-order valence-electron chi connectivity index (χ2n) is 5.27. The molecule has 5 heteroatoms. The molecule has 1 aromatic carbocycles. The standard InChI is InChI=1S/C14H17ClN2O2/c1-9-12(18)17(14(2,3)13(19)16-9)8-10-6-4-5-7-11(10)15/h4-7,9H,8H2,1-3H3,(H,16,19). The maximum absolute atomic E-state index is 12.3. The van der Waals surface area contributed by atoms with Crippen molar-refractivity contribution in [3.05, 3.63) is 34.9 Å². The molecule has 1 aliphatic rings. The van der Waals surface area contributed by atoms with Gasteiger partial charge in [0.25, 0.3) is 0 Å². The smallest absolute Gasteiger partial charge is 0.246 e. The van der Waals surface area contributed by atoms with E-state index >= 15 is 0 Å². The van der Waals surface area contributed by atoms with E-state index in [4.69, 9.17) is 11.6 Å². The van der Waals surface area contributed by atoms with Crippen LogP contribution >= 0.6 is 11.6 Å². The summed E-state index contributed by atoms with van der Waals surface area (Å²) in [7, 11) is 0. The van der Waals surface area contributed by atoms with E-state index in [9.17, 15) is 9.59 Å². The van der Waals surface area contributed by atoms with E-state index in [-0.39, 0.29) is 11.8 Å². The second-order valence-corrected chi connectivity index (χ2v) is 5.68. The Morgan fingerprint density at radius 1 is 1.32 bits per heavy atom. The summed E-state index contributed by atoms with van der Waals surface area (Å²) in [5.41, 5.74) is -0.0320. The normalized spacial score (nSPS) is 22.3. The molecule has 1 fully saturated rings. The van der Waals surface area contributed by atoms with Crippen LogP contribution in [0.25, 0.3) is 0 Å². The lowest BCUT2D eigenvalue weighted by Crippen LogP contribution is -2.67. The van der Waals surface area contributed by atoms with E-state index in [1.807, 2.05) is 18.2 Å². The average molecular weight is 281 g/mol. The number of carbonyl (C=O) groups is 2. The number of rotatable bonds is 2. The first-order chi connectivity index (χ1) is 8.84. The summed E-state index contributed by atoms with van der Waals surface area (Å²) in [4.78, 5) is 25.9. The summed E-state index contributed by atoms with van der Waals surface area (Å²) in [5, 5.41) is 3.29. The third kappa shape index (κ3) is 2.45. The average Bonchev–Trinajstić information content (AvgIpc) is 2.35. The maximum Gasteiger partial charge on any atom is 0.246 e. The molecular weight excluding hydrogens is 264 g/mol. The van der Waals surface area contributed by atoms with Crippen molar-refractivity contribution in [2.75, 3.05) is 0 Å². The molecule has 0 aliphatic carbocycles. The fraction of sp³-hybridized carbons (Fsp3) is 0.429. The van der Waals surface area contributed by atoms with Crippen LogP contribution in [0.3, 0.4) is 0 Å². The minimum atomic E-state index is -0.872. The number of hydrogen-bond donors (Lipinski definition) is 1. The number of nitrogens with zero attached hydrogens (tertiary/aromatic N) is 1. The Bertz CT molecular complexity index is 528. The van der Waals surface area contributed by atoms with E-state index in [2.05, 4.69) is 5.32 Å². The molecule has 1 saturated heterocycles. The van der Waals surface area contributed by atoms with Crippen molar-refractivity contribution in [3.8, 4) is 0 Å². The Balaban J connectivity index is 2.33. The van der Waals surface area contributed by atoms with Crippen molar-refractivity contribution in [1.82, 2.24) is 10.2 Å². The fourth-order valence-electron chi connectivity index (χ4n) is 2.14. The van der Waals surface area contributed by atoms with E-state index in [1.54, 1.807) is 31.7 Å². The van der Waals surface area contributed by atoms with Gasteiger partial charge in [0.2, 0.25) is 11.8 Å². The van der Waals surface area contributed by atoms with Gasteiger partial charge in [0.1, 0.15) is 11.6 Å². The molecular formula is C14H17ClN2O2. The van der Waals surface area contributed by atoms with E-state index in [0.717, 1.165) is 5.56 Å². The number of amides is 2. The lowest BCUT2D eigenvalue weighted by atomic mass is 9.95. The highest BCUT2D eigenvalue weighted by molar-refractivity contribution is 6.31. The molecule has 19 heavy (non-hydrogen) atoms. The molecule has 2 amide bonds. The van der Waals surface area contributed by atoms with Crippen molar-refractivity contribution in [2.45, 2.75) is 38.9 Å². The van der Waals surface area contributed by atoms with Crippen LogP contribution in [0, 0.1) is 0 Å². The van der Waals surface area contributed by atoms with Crippen LogP contribution in [0.2, 0.25) is 5.02 Å². The van der Waals surface area contributed by atoms with Gasteiger partial charge in [-0.05, 0) is 32.4 Å². The van der Waals surface area contributed by atoms with Gasteiger partial charge >= 0.3 is 0 Å². The highest BCUT2D eigenvalue weighted by atomic mass is 35.5. The Kier molecular flexibility index (Phi) is 3.54. The first-order valence-electron chi connectivity index (χ1n) is 6.20. The number of benzene rings is 1. The summed E-state index contributed by atoms with van der Waals surface area (Å²) < 4.78 is 0. The molecule has 0 bridgehead atoms. The van der Waals surface area contributed by atoms with Crippen LogP contribution in [-0.4, -0.2) is 28.3 Å². The molecule has 0 radical (unpaired) electrons. The molecule has 0 aromatic heterocycles. The van der Waals surface area contributed by atoms with Crippen LogP contribution in [-0.2, 0) is 16.1 Å². The van der Waals surface area contributed by atoms with Crippen LogP contribution in [0.5, 0.6) is 0 Å². The van der Waals surface area contributed by atoms with Gasteiger partial charge in [-0.2, -0.15) is 0 Å². The van der Waals surface area contributed by atoms with Gasteiger partial charge in [-0.1, -0.05) is 29.8 Å². The third-order valence-electron chi connectivity index (χ3n) is 3.50. The van der Waals surface area contributed by atoms with Crippen molar-refractivity contribution < 1.29 is 9.59 Å². The number of piperazine rings is 1. The van der Waals surface area contributed by atoms with Crippen molar-refractivity contribution in [1.29, 1.82) is 0 Å². The van der Waals surface area contributed by atoms with Gasteiger partial charge in [-0.3, -0.25) is 9.59 Å². The molecule has 1 atom stereocenters. The van der Waals surface area contributed by atoms with Crippen LogP contribution < -0.4 is 5.32 Å². The van der Waals surface area contributed by atoms with Gasteiger partial charge < -0.3 is 10.2 Å². The van der Waals surface area contributed by atoms with Crippen molar-refractivity contribution in [3.63, 3.8) is 0 Å². The zero-order chi connectivity index (χ0) is 14.2. The van der Waals surface area contributed by atoms with E-state index in [0.29, 0.717) is 11.6 Å². The first kappa shape index (κ1) is 13.9. The molecule has 1 heterocycles. The highest BCUT2D eigenvalue weighted by Gasteiger charge is 2.44. The zero-order valence-corrected chi connectivity index (χ0v) is 12.0. The molecule has 0 saturated carbocycles. The van der Waals surface area contributed by atoms with Crippen LogP contribution in [0.15, 0.2) is 24.3 Å². The van der Waals surface area contributed by atoms with Gasteiger partial charge in [-0.15, -0.1) is 0 Å². The molecule has 2 rings (SSSR count). The predicted octanol–water partition coefficient (Wildman–Crippen LogP) is 1.97. The summed E-state index contributed by atoms with van der Waals surface area (Å²) in [6.07, 6.45) is 0. The topological polar surface area (TPSA) is 49.4 Å². The Hall–Kier alpha value is -1.55. The van der Waals surface area contributed by atoms with Gasteiger partial charge in [0, 0.05) is 11.6 Å². The summed E-state index contributed by atoms with van der Waals surface area (Å²) in [6.45, 7) is 5.50. The second kappa shape index (κ2) is 4.85. The molecule has 1 N–H and O–H groups in total. The quantitative estimate of drug-likeness (QED) is 0.900. The maximum atomic E-state index is 12.3. The molecule has 1 unspecified atom stereocenters. The third-order valence-corrected chi connectivity index (χ3v) is 3.87. The number of nitrogens with one attached hydrogen (secondary N) is 1. The Labute approximate surface area is 117 Å². The predicted molar refractivity (Wildman–Crippen MR) is 73.7 cm³/mol. The van der Waals surface area contributed by atoms with Crippen molar-refractivity contribution >= 4 is 23.4 Å². The summed E-state index contributed by atoms with van der Waals surface area (Å²) in [6, 6.07) is 6.85. The van der Waals surface area contributed by atoms with Gasteiger partial charge in [0.15, 0.2) is 0 Å². The SMILES string of the molecule is CC1NC(=O)C(C)(C)N(Cc2ccccc2Cl)C1=O.